The minimum absolute atomic E-state index is 0.376. The normalized spacial score (nSPS) is 12.8. The van der Waals surface area contributed by atoms with Crippen molar-refractivity contribution in [2.45, 2.75) is 39.8 Å². The summed E-state index contributed by atoms with van der Waals surface area (Å²) >= 11 is 0. The molecule has 1 atom stereocenters. The van der Waals surface area contributed by atoms with Gasteiger partial charge in [0, 0.05) is 31.4 Å². The summed E-state index contributed by atoms with van der Waals surface area (Å²) in [6, 6.07) is 9.34. The highest BCUT2D eigenvalue weighted by Gasteiger charge is 2.15. The number of rotatable bonds is 6. The Kier molecular flexibility index (Phi) is 4.96. The second-order valence-electron chi connectivity index (χ2n) is 5.72. The molecule has 3 nitrogen and oxygen atoms in total. The van der Waals surface area contributed by atoms with Gasteiger partial charge in [0.2, 0.25) is 0 Å². The minimum Gasteiger partial charge on any atom is -0.306 e. The first-order valence-corrected chi connectivity index (χ1v) is 7.40. The minimum atomic E-state index is 0.376. The first-order chi connectivity index (χ1) is 9.60. The quantitative estimate of drug-likeness (QED) is 0.872. The van der Waals surface area contributed by atoms with Crippen LogP contribution in [0.25, 0.3) is 0 Å². The Morgan fingerprint density at radius 3 is 2.35 bits per heavy atom. The van der Waals surface area contributed by atoms with Gasteiger partial charge in [0.15, 0.2) is 0 Å². The molecule has 1 heterocycles. The van der Waals surface area contributed by atoms with E-state index in [2.05, 4.69) is 61.6 Å². The lowest BCUT2D eigenvalue weighted by Gasteiger charge is -2.23. The first kappa shape index (κ1) is 14.8. The second-order valence-corrected chi connectivity index (χ2v) is 5.72. The van der Waals surface area contributed by atoms with Gasteiger partial charge in [-0.15, -0.1) is 0 Å². The highest BCUT2D eigenvalue weighted by atomic mass is 15.2. The van der Waals surface area contributed by atoms with Crippen LogP contribution in [0.2, 0.25) is 0 Å². The van der Waals surface area contributed by atoms with Crippen molar-refractivity contribution < 1.29 is 0 Å². The van der Waals surface area contributed by atoms with Gasteiger partial charge in [0.1, 0.15) is 0 Å². The Labute approximate surface area is 122 Å². The van der Waals surface area contributed by atoms with Crippen molar-refractivity contribution in [2.24, 2.45) is 13.0 Å². The van der Waals surface area contributed by atoms with Crippen LogP contribution in [0.4, 0.5) is 0 Å². The average molecular weight is 271 g/mol. The van der Waals surface area contributed by atoms with Gasteiger partial charge in [-0.2, -0.15) is 5.10 Å². The fourth-order valence-corrected chi connectivity index (χ4v) is 2.49. The summed E-state index contributed by atoms with van der Waals surface area (Å²) in [5.41, 5.74) is 3.98. The molecular formula is C17H25N3. The SMILES string of the molecule is CCc1ccc(C(NCc2cnn(C)c2)C(C)C)cc1. The van der Waals surface area contributed by atoms with Gasteiger partial charge >= 0.3 is 0 Å². The summed E-state index contributed by atoms with van der Waals surface area (Å²) < 4.78 is 1.84. The van der Waals surface area contributed by atoms with Gasteiger partial charge in [-0.1, -0.05) is 45.0 Å². The van der Waals surface area contributed by atoms with Gasteiger partial charge in [-0.05, 0) is 23.5 Å². The van der Waals surface area contributed by atoms with Crippen LogP contribution in [0.1, 0.15) is 43.5 Å². The molecule has 1 aromatic heterocycles. The fourth-order valence-electron chi connectivity index (χ4n) is 2.49. The molecule has 2 aromatic rings. The van der Waals surface area contributed by atoms with E-state index >= 15 is 0 Å². The van der Waals surface area contributed by atoms with E-state index < -0.39 is 0 Å². The maximum atomic E-state index is 4.21. The van der Waals surface area contributed by atoms with E-state index in [0.717, 1.165) is 13.0 Å². The summed E-state index contributed by atoms with van der Waals surface area (Å²) in [6.45, 7) is 7.56. The highest BCUT2D eigenvalue weighted by Crippen LogP contribution is 2.22. The standard InChI is InChI=1S/C17H25N3/c1-5-14-6-8-16(9-7-14)17(13(2)3)18-10-15-11-19-20(4)12-15/h6-9,11-13,17-18H,5,10H2,1-4H3. The number of benzene rings is 1. The van der Waals surface area contributed by atoms with Crippen molar-refractivity contribution in [2.75, 3.05) is 0 Å². The molecule has 0 aliphatic rings. The highest BCUT2D eigenvalue weighted by molar-refractivity contribution is 5.25. The number of aromatic nitrogens is 2. The van der Waals surface area contributed by atoms with E-state index in [1.807, 2.05) is 17.9 Å². The third kappa shape index (κ3) is 3.70. The molecule has 0 aliphatic heterocycles. The van der Waals surface area contributed by atoms with Crippen molar-refractivity contribution in [1.29, 1.82) is 0 Å². The lowest BCUT2D eigenvalue weighted by atomic mass is 9.95. The predicted octanol–water partition coefficient (Wildman–Crippen LogP) is 3.47. The van der Waals surface area contributed by atoms with E-state index in [0.29, 0.717) is 12.0 Å². The molecule has 0 spiro atoms. The number of aryl methyl sites for hydroxylation is 2. The van der Waals surface area contributed by atoms with Gasteiger partial charge in [0.05, 0.1) is 6.20 Å². The van der Waals surface area contributed by atoms with Crippen LogP contribution in [0.3, 0.4) is 0 Å². The molecule has 20 heavy (non-hydrogen) atoms. The van der Waals surface area contributed by atoms with Crippen LogP contribution in [0.15, 0.2) is 36.7 Å². The predicted molar refractivity (Wildman–Crippen MR) is 83.4 cm³/mol. The molecule has 0 bridgehead atoms. The van der Waals surface area contributed by atoms with Gasteiger partial charge in [-0.3, -0.25) is 4.68 Å². The third-order valence-corrected chi connectivity index (χ3v) is 3.70. The van der Waals surface area contributed by atoms with E-state index in [9.17, 15) is 0 Å². The van der Waals surface area contributed by atoms with Crippen molar-refractivity contribution in [1.82, 2.24) is 15.1 Å². The Morgan fingerprint density at radius 1 is 1.15 bits per heavy atom. The maximum absolute atomic E-state index is 4.21. The van der Waals surface area contributed by atoms with Crippen LogP contribution in [0, 0.1) is 5.92 Å². The molecule has 0 amide bonds. The van der Waals surface area contributed by atoms with Crippen molar-refractivity contribution in [3.05, 3.63) is 53.3 Å². The van der Waals surface area contributed by atoms with Gasteiger partial charge in [-0.25, -0.2) is 0 Å². The molecule has 1 aromatic carbocycles. The number of hydrogen-bond donors (Lipinski definition) is 1. The summed E-state index contributed by atoms with van der Waals surface area (Å²) in [7, 11) is 1.95. The monoisotopic (exact) mass is 271 g/mol. The zero-order valence-corrected chi connectivity index (χ0v) is 12.9. The Hall–Kier alpha value is -1.61. The number of nitrogens with one attached hydrogen (secondary N) is 1. The third-order valence-electron chi connectivity index (χ3n) is 3.70. The van der Waals surface area contributed by atoms with E-state index in [-0.39, 0.29) is 0 Å². The molecule has 0 fully saturated rings. The Bertz CT molecular complexity index is 525. The summed E-state index contributed by atoms with van der Waals surface area (Å²) in [6.07, 6.45) is 5.07. The smallest absolute Gasteiger partial charge is 0.0534 e. The zero-order chi connectivity index (χ0) is 14.5. The fraction of sp³-hybridized carbons (Fsp3) is 0.471. The topological polar surface area (TPSA) is 29.9 Å². The van der Waals surface area contributed by atoms with Crippen molar-refractivity contribution >= 4 is 0 Å². The lowest BCUT2D eigenvalue weighted by Crippen LogP contribution is -2.25. The summed E-state index contributed by atoms with van der Waals surface area (Å²) in [4.78, 5) is 0. The molecule has 0 aliphatic carbocycles. The lowest BCUT2D eigenvalue weighted by molar-refractivity contribution is 0.410. The maximum Gasteiger partial charge on any atom is 0.0534 e. The molecule has 0 saturated heterocycles. The number of nitrogens with zero attached hydrogens (tertiary/aromatic N) is 2. The van der Waals surface area contributed by atoms with Crippen LogP contribution in [0.5, 0.6) is 0 Å². The first-order valence-electron chi connectivity index (χ1n) is 7.40. The molecular weight excluding hydrogens is 246 g/mol. The Balaban J connectivity index is 2.06. The molecule has 1 N–H and O–H groups in total. The van der Waals surface area contributed by atoms with Crippen LogP contribution >= 0.6 is 0 Å². The van der Waals surface area contributed by atoms with Crippen LogP contribution in [-0.2, 0) is 20.0 Å². The molecule has 2 rings (SSSR count). The van der Waals surface area contributed by atoms with E-state index in [1.54, 1.807) is 0 Å². The molecule has 1 unspecified atom stereocenters. The number of hydrogen-bond acceptors (Lipinski definition) is 2. The average Bonchev–Trinajstić information content (AvgIpc) is 2.85. The summed E-state index contributed by atoms with van der Waals surface area (Å²) in [5.74, 6) is 0.555. The van der Waals surface area contributed by atoms with E-state index in [1.165, 1.54) is 16.7 Å². The van der Waals surface area contributed by atoms with Crippen LogP contribution < -0.4 is 5.32 Å². The largest absolute Gasteiger partial charge is 0.306 e. The Morgan fingerprint density at radius 2 is 1.85 bits per heavy atom. The zero-order valence-electron chi connectivity index (χ0n) is 12.9. The van der Waals surface area contributed by atoms with Crippen molar-refractivity contribution in [3.63, 3.8) is 0 Å². The van der Waals surface area contributed by atoms with Crippen molar-refractivity contribution in [3.8, 4) is 0 Å². The van der Waals surface area contributed by atoms with Gasteiger partial charge in [0.25, 0.3) is 0 Å². The molecule has 0 saturated carbocycles. The van der Waals surface area contributed by atoms with Gasteiger partial charge < -0.3 is 5.32 Å². The second kappa shape index (κ2) is 6.71. The van der Waals surface area contributed by atoms with E-state index in [4.69, 9.17) is 0 Å². The van der Waals surface area contributed by atoms with Crippen LogP contribution in [-0.4, -0.2) is 9.78 Å². The molecule has 108 valence electrons. The molecule has 3 heteroatoms. The molecule has 0 radical (unpaired) electrons. The summed E-state index contributed by atoms with van der Waals surface area (Å²) in [5, 5.41) is 7.86.